The summed E-state index contributed by atoms with van der Waals surface area (Å²) in [7, 11) is 1.55. The van der Waals surface area contributed by atoms with E-state index in [1.54, 1.807) is 7.05 Å². The number of hydrogen-bond acceptors (Lipinski definition) is 4. The highest BCUT2D eigenvalue weighted by Crippen LogP contribution is 2.25. The van der Waals surface area contributed by atoms with Crippen LogP contribution in [0.2, 0.25) is 0 Å². The van der Waals surface area contributed by atoms with Gasteiger partial charge >= 0.3 is 5.69 Å². The molecule has 7 heteroatoms. The van der Waals surface area contributed by atoms with E-state index >= 15 is 0 Å². The van der Waals surface area contributed by atoms with E-state index in [0.29, 0.717) is 16.3 Å². The number of H-pyrrole nitrogens is 1. The topological polar surface area (TPSA) is 67.8 Å². The molecule has 2 rings (SSSR count). The van der Waals surface area contributed by atoms with Gasteiger partial charge in [-0.05, 0) is 30.0 Å². The smallest absolute Gasteiger partial charge is 0.298 e. The third-order valence-electron chi connectivity index (χ3n) is 2.08. The molecule has 1 N–H and O–H groups in total. The molecule has 5 nitrogen and oxygen atoms in total. The molecule has 0 aliphatic heterocycles. The van der Waals surface area contributed by atoms with Crippen LogP contribution in [0.15, 0.2) is 33.0 Å². The lowest BCUT2D eigenvalue weighted by Gasteiger charge is -2.01. The van der Waals surface area contributed by atoms with Gasteiger partial charge in [0.05, 0.1) is 0 Å². The second kappa shape index (κ2) is 4.54. The van der Waals surface area contributed by atoms with Crippen molar-refractivity contribution >= 4 is 18.0 Å². The van der Waals surface area contributed by atoms with Crippen LogP contribution in [0.25, 0.3) is 0 Å². The van der Waals surface area contributed by atoms with Gasteiger partial charge in [0.1, 0.15) is 12.1 Å². The molecule has 17 heavy (non-hydrogen) atoms. The minimum Gasteiger partial charge on any atom is -0.298 e. The Bertz CT molecular complexity index is 620. The standard InChI is InChI=1S/C10H8FN3O2S/c1-14-9(16)12-13-10(14)17-8-3-6(5-15)2-7(11)4-8/h2-5H,1H3,(H,12,16). The third-order valence-corrected chi connectivity index (χ3v) is 3.10. The fraction of sp³-hybridized carbons (Fsp3) is 0.100. The number of aldehydes is 1. The minimum atomic E-state index is -0.502. The maximum Gasteiger partial charge on any atom is 0.343 e. The molecule has 0 amide bonds. The zero-order chi connectivity index (χ0) is 12.4. The minimum absolute atomic E-state index is 0.244. The van der Waals surface area contributed by atoms with Crippen LogP contribution in [0.4, 0.5) is 4.39 Å². The van der Waals surface area contributed by atoms with E-state index in [1.807, 2.05) is 0 Å². The van der Waals surface area contributed by atoms with Crippen LogP contribution < -0.4 is 5.69 Å². The average molecular weight is 253 g/mol. The molecule has 0 aliphatic rings. The van der Waals surface area contributed by atoms with Crippen LogP contribution in [0.3, 0.4) is 0 Å². The molecule has 0 radical (unpaired) electrons. The summed E-state index contributed by atoms with van der Waals surface area (Å²) >= 11 is 1.10. The molecule has 0 fully saturated rings. The van der Waals surface area contributed by atoms with E-state index in [1.165, 1.54) is 16.7 Å². The van der Waals surface area contributed by atoms with Crippen LogP contribution in [0, 0.1) is 5.82 Å². The van der Waals surface area contributed by atoms with Crippen molar-refractivity contribution in [2.45, 2.75) is 10.1 Å². The van der Waals surface area contributed by atoms with Crippen molar-refractivity contribution in [1.29, 1.82) is 0 Å². The van der Waals surface area contributed by atoms with Gasteiger partial charge in [-0.1, -0.05) is 0 Å². The Labute approximate surface area is 99.7 Å². The number of hydrogen-bond donors (Lipinski definition) is 1. The quantitative estimate of drug-likeness (QED) is 0.835. The molecule has 0 bridgehead atoms. The van der Waals surface area contributed by atoms with Crippen molar-refractivity contribution in [1.82, 2.24) is 14.8 Å². The summed E-state index contributed by atoms with van der Waals surface area (Å²) in [5, 5.41) is 6.45. The molecule has 1 heterocycles. The second-order valence-corrected chi connectivity index (χ2v) is 4.35. The van der Waals surface area contributed by atoms with Crippen molar-refractivity contribution in [3.8, 4) is 0 Å². The molecule has 0 atom stereocenters. The van der Waals surface area contributed by atoms with Crippen LogP contribution in [-0.4, -0.2) is 21.1 Å². The number of aromatic nitrogens is 3. The number of nitrogens with zero attached hydrogens (tertiary/aromatic N) is 2. The normalized spacial score (nSPS) is 10.5. The molecule has 2 aromatic rings. The van der Waals surface area contributed by atoms with Gasteiger partial charge in [-0.2, -0.15) is 0 Å². The van der Waals surface area contributed by atoms with Gasteiger partial charge in [0, 0.05) is 17.5 Å². The first-order chi connectivity index (χ1) is 8.10. The summed E-state index contributed by atoms with van der Waals surface area (Å²) in [5.41, 5.74) is -0.104. The van der Waals surface area contributed by atoms with E-state index in [9.17, 15) is 14.0 Å². The maximum absolute atomic E-state index is 13.2. The lowest BCUT2D eigenvalue weighted by molar-refractivity contribution is 0.112. The van der Waals surface area contributed by atoms with Crippen molar-refractivity contribution in [2.75, 3.05) is 0 Å². The van der Waals surface area contributed by atoms with Gasteiger partial charge in [-0.15, -0.1) is 5.10 Å². The van der Waals surface area contributed by atoms with Crippen molar-refractivity contribution in [3.63, 3.8) is 0 Å². The van der Waals surface area contributed by atoms with Crippen molar-refractivity contribution in [3.05, 3.63) is 40.1 Å². The van der Waals surface area contributed by atoms with E-state index < -0.39 is 5.82 Å². The number of benzene rings is 1. The Hall–Kier alpha value is -1.89. The number of carbonyl (C=O) groups excluding carboxylic acids is 1. The molecule has 1 aromatic carbocycles. The predicted octanol–water partition coefficient (Wildman–Crippen LogP) is 1.21. The molecule has 0 aliphatic carbocycles. The van der Waals surface area contributed by atoms with Gasteiger partial charge in [0.2, 0.25) is 0 Å². The first-order valence-corrected chi connectivity index (χ1v) is 5.47. The summed E-state index contributed by atoms with van der Waals surface area (Å²) in [6.07, 6.45) is 0.566. The Morgan fingerprint density at radius 2 is 2.24 bits per heavy atom. The molecule has 88 valence electrons. The third kappa shape index (κ3) is 2.44. The number of aromatic amines is 1. The first kappa shape index (κ1) is 11.6. The molecule has 0 saturated heterocycles. The zero-order valence-electron chi connectivity index (χ0n) is 8.81. The summed E-state index contributed by atoms with van der Waals surface area (Å²) in [6.45, 7) is 0. The SMILES string of the molecule is Cn1c(Sc2cc(F)cc(C=O)c2)n[nH]c1=O. The number of rotatable bonds is 3. The maximum atomic E-state index is 13.2. The highest BCUT2D eigenvalue weighted by atomic mass is 32.2. The van der Waals surface area contributed by atoms with Crippen LogP contribution >= 0.6 is 11.8 Å². The summed E-state index contributed by atoms with van der Waals surface area (Å²) < 4.78 is 14.5. The highest BCUT2D eigenvalue weighted by molar-refractivity contribution is 7.99. The molecule has 0 saturated carbocycles. The van der Waals surface area contributed by atoms with Crippen LogP contribution in [-0.2, 0) is 7.05 Å². The first-order valence-electron chi connectivity index (χ1n) is 4.65. The monoisotopic (exact) mass is 253 g/mol. The molecule has 0 spiro atoms. The zero-order valence-corrected chi connectivity index (χ0v) is 9.62. The van der Waals surface area contributed by atoms with Gasteiger partial charge in [-0.3, -0.25) is 9.36 Å². The van der Waals surface area contributed by atoms with E-state index in [2.05, 4.69) is 10.2 Å². The summed E-state index contributed by atoms with van der Waals surface area (Å²) in [6, 6.07) is 3.94. The van der Waals surface area contributed by atoms with Gasteiger partial charge in [0.15, 0.2) is 5.16 Å². The average Bonchev–Trinajstić information content (AvgIpc) is 2.60. The Balaban J connectivity index is 2.36. The summed E-state index contributed by atoms with van der Waals surface area (Å²) in [5.74, 6) is -0.502. The molecular formula is C10H8FN3O2S. The lowest BCUT2D eigenvalue weighted by Crippen LogP contribution is -2.12. The van der Waals surface area contributed by atoms with Crippen LogP contribution in [0.1, 0.15) is 10.4 Å². The van der Waals surface area contributed by atoms with Crippen LogP contribution in [0.5, 0.6) is 0 Å². The second-order valence-electron chi connectivity index (χ2n) is 3.31. The van der Waals surface area contributed by atoms with E-state index in [4.69, 9.17) is 0 Å². The fourth-order valence-electron chi connectivity index (χ4n) is 1.24. The van der Waals surface area contributed by atoms with Crippen molar-refractivity contribution in [2.24, 2.45) is 7.05 Å². The Morgan fingerprint density at radius 3 is 2.82 bits per heavy atom. The number of nitrogens with one attached hydrogen (secondary N) is 1. The van der Waals surface area contributed by atoms with E-state index in [-0.39, 0.29) is 11.3 Å². The van der Waals surface area contributed by atoms with E-state index in [0.717, 1.165) is 17.8 Å². The fourth-order valence-corrected chi connectivity index (χ4v) is 2.13. The predicted molar refractivity (Wildman–Crippen MR) is 59.7 cm³/mol. The molecule has 1 aromatic heterocycles. The summed E-state index contributed by atoms with van der Waals surface area (Å²) in [4.78, 5) is 22.2. The van der Waals surface area contributed by atoms with Crippen molar-refractivity contribution < 1.29 is 9.18 Å². The number of carbonyl (C=O) groups is 1. The molecule has 0 unspecified atom stereocenters. The van der Waals surface area contributed by atoms with Gasteiger partial charge in [-0.25, -0.2) is 14.3 Å². The lowest BCUT2D eigenvalue weighted by atomic mass is 10.2. The largest absolute Gasteiger partial charge is 0.343 e. The molecular weight excluding hydrogens is 245 g/mol. The Kier molecular flexibility index (Phi) is 3.10. The Morgan fingerprint density at radius 1 is 1.47 bits per heavy atom. The van der Waals surface area contributed by atoms with Gasteiger partial charge in [0.25, 0.3) is 0 Å². The number of halogens is 1. The highest BCUT2D eigenvalue weighted by Gasteiger charge is 2.08. The van der Waals surface area contributed by atoms with Gasteiger partial charge < -0.3 is 0 Å².